The van der Waals surface area contributed by atoms with Crippen molar-refractivity contribution in [2.45, 2.75) is 20.4 Å². The predicted octanol–water partition coefficient (Wildman–Crippen LogP) is 4.09. The summed E-state index contributed by atoms with van der Waals surface area (Å²) in [7, 11) is 0. The van der Waals surface area contributed by atoms with E-state index in [0.717, 1.165) is 16.3 Å². The van der Waals surface area contributed by atoms with Gasteiger partial charge in [-0.25, -0.2) is 9.97 Å². The average molecular weight is 330 g/mol. The summed E-state index contributed by atoms with van der Waals surface area (Å²) in [6.07, 6.45) is 0. The Bertz CT molecular complexity index is 818. The summed E-state index contributed by atoms with van der Waals surface area (Å²) in [6.45, 7) is 4.25. The molecule has 2 heterocycles. The molecule has 0 saturated carbocycles. The summed E-state index contributed by atoms with van der Waals surface area (Å²) < 4.78 is 5.03. The molecule has 0 radical (unpaired) electrons. The lowest BCUT2D eigenvalue weighted by Crippen LogP contribution is -2.05. The number of benzene rings is 1. The van der Waals surface area contributed by atoms with Crippen LogP contribution in [0.5, 0.6) is 0 Å². The van der Waals surface area contributed by atoms with Gasteiger partial charge in [-0.05, 0) is 25.5 Å². The molecule has 1 aromatic carbocycles. The van der Waals surface area contributed by atoms with Crippen LogP contribution in [0.2, 0.25) is 5.02 Å². The van der Waals surface area contributed by atoms with E-state index in [4.69, 9.17) is 16.1 Å². The Balaban J connectivity index is 1.74. The van der Waals surface area contributed by atoms with Gasteiger partial charge in [0, 0.05) is 23.7 Å². The Labute approximate surface area is 138 Å². The molecule has 3 aromatic rings. The second-order valence-corrected chi connectivity index (χ2v) is 5.49. The van der Waals surface area contributed by atoms with Crippen molar-refractivity contribution in [2.24, 2.45) is 0 Å². The van der Waals surface area contributed by atoms with E-state index in [2.05, 4.69) is 25.8 Å². The largest absolute Gasteiger partial charge is 0.366 e. The molecular formula is C16H16ClN5O. The topological polar surface area (TPSA) is 75.9 Å². The van der Waals surface area contributed by atoms with Crippen molar-refractivity contribution in [1.82, 2.24) is 15.1 Å². The first-order valence-corrected chi connectivity index (χ1v) is 7.51. The van der Waals surface area contributed by atoms with Gasteiger partial charge in [0.1, 0.15) is 23.2 Å². The van der Waals surface area contributed by atoms with E-state index < -0.39 is 0 Å². The quantitative estimate of drug-likeness (QED) is 0.734. The molecule has 0 amide bonds. The molecule has 118 valence electrons. The van der Waals surface area contributed by atoms with Gasteiger partial charge in [-0.2, -0.15) is 0 Å². The zero-order valence-corrected chi connectivity index (χ0v) is 13.6. The molecule has 0 unspecified atom stereocenters. The van der Waals surface area contributed by atoms with Gasteiger partial charge in [0.05, 0.1) is 0 Å². The molecule has 2 aromatic heterocycles. The van der Waals surface area contributed by atoms with Gasteiger partial charge in [-0.1, -0.05) is 35.0 Å². The molecule has 0 fully saturated rings. The summed E-state index contributed by atoms with van der Waals surface area (Å²) >= 11 is 6.16. The molecule has 0 aliphatic rings. The van der Waals surface area contributed by atoms with Crippen LogP contribution in [-0.2, 0) is 6.54 Å². The Morgan fingerprint density at radius 1 is 1.04 bits per heavy atom. The SMILES string of the molecule is Cc1nc(NCc2ccccc2Cl)cc(Nc2cc(C)on2)n1. The lowest BCUT2D eigenvalue weighted by Gasteiger charge is -2.10. The maximum atomic E-state index is 6.16. The second kappa shape index (κ2) is 6.66. The zero-order valence-electron chi connectivity index (χ0n) is 12.8. The number of hydrogen-bond donors (Lipinski definition) is 2. The summed E-state index contributed by atoms with van der Waals surface area (Å²) in [5.41, 5.74) is 1.01. The highest BCUT2D eigenvalue weighted by Gasteiger charge is 2.06. The van der Waals surface area contributed by atoms with Crippen LogP contribution in [0.15, 0.2) is 40.9 Å². The Kier molecular flexibility index (Phi) is 4.43. The monoisotopic (exact) mass is 329 g/mol. The maximum absolute atomic E-state index is 6.16. The maximum Gasteiger partial charge on any atom is 0.175 e. The first-order valence-electron chi connectivity index (χ1n) is 7.13. The van der Waals surface area contributed by atoms with E-state index in [9.17, 15) is 0 Å². The van der Waals surface area contributed by atoms with Crippen LogP contribution < -0.4 is 10.6 Å². The number of rotatable bonds is 5. The fourth-order valence-corrected chi connectivity index (χ4v) is 2.31. The molecule has 0 bridgehead atoms. The van der Waals surface area contributed by atoms with E-state index in [0.29, 0.717) is 29.8 Å². The molecule has 6 nitrogen and oxygen atoms in total. The Hall–Kier alpha value is -2.60. The average Bonchev–Trinajstić information content (AvgIpc) is 2.91. The number of hydrogen-bond acceptors (Lipinski definition) is 6. The van der Waals surface area contributed by atoms with Crippen LogP contribution in [0.25, 0.3) is 0 Å². The summed E-state index contributed by atoms with van der Waals surface area (Å²) in [4.78, 5) is 8.72. The number of aryl methyl sites for hydroxylation is 2. The fourth-order valence-electron chi connectivity index (χ4n) is 2.11. The lowest BCUT2D eigenvalue weighted by atomic mass is 10.2. The standard InChI is InChI=1S/C16H16ClN5O/c1-10-7-16(22-23-10)21-15-8-14(19-11(2)20-15)18-9-12-5-3-4-6-13(12)17/h3-8H,9H2,1-2H3,(H2,18,19,20,21,22). The summed E-state index contributed by atoms with van der Waals surface area (Å²) in [5, 5.41) is 11.0. The van der Waals surface area contributed by atoms with Crippen molar-refractivity contribution >= 4 is 29.1 Å². The van der Waals surface area contributed by atoms with Crippen molar-refractivity contribution in [3.63, 3.8) is 0 Å². The molecule has 0 aliphatic heterocycles. The minimum absolute atomic E-state index is 0.582. The van der Waals surface area contributed by atoms with Crippen LogP contribution in [0, 0.1) is 13.8 Å². The lowest BCUT2D eigenvalue weighted by molar-refractivity contribution is 0.400. The molecule has 0 spiro atoms. The predicted molar refractivity (Wildman–Crippen MR) is 90.1 cm³/mol. The summed E-state index contributed by atoms with van der Waals surface area (Å²) in [6, 6.07) is 11.3. The highest BCUT2D eigenvalue weighted by Crippen LogP contribution is 2.19. The van der Waals surface area contributed by atoms with Gasteiger partial charge in [0.15, 0.2) is 5.82 Å². The normalized spacial score (nSPS) is 10.6. The summed E-state index contributed by atoms with van der Waals surface area (Å²) in [5.74, 6) is 3.34. The molecule has 3 rings (SSSR count). The second-order valence-electron chi connectivity index (χ2n) is 5.08. The van der Waals surface area contributed by atoms with Crippen LogP contribution >= 0.6 is 11.6 Å². The van der Waals surface area contributed by atoms with Crippen LogP contribution in [0.4, 0.5) is 17.5 Å². The zero-order chi connectivity index (χ0) is 16.2. The highest BCUT2D eigenvalue weighted by atomic mass is 35.5. The first kappa shape index (κ1) is 15.3. The number of aromatic nitrogens is 3. The van der Waals surface area contributed by atoms with Crippen molar-refractivity contribution in [3.05, 3.63) is 58.6 Å². The van der Waals surface area contributed by atoms with Crippen molar-refractivity contribution < 1.29 is 4.52 Å². The molecular weight excluding hydrogens is 314 g/mol. The van der Waals surface area contributed by atoms with Crippen LogP contribution in [-0.4, -0.2) is 15.1 Å². The van der Waals surface area contributed by atoms with Gasteiger partial charge in [-0.15, -0.1) is 0 Å². The van der Waals surface area contributed by atoms with Gasteiger partial charge in [-0.3, -0.25) is 0 Å². The molecule has 0 atom stereocenters. The van der Waals surface area contributed by atoms with Crippen LogP contribution in [0.1, 0.15) is 17.1 Å². The molecule has 0 saturated heterocycles. The Morgan fingerprint density at radius 3 is 2.57 bits per heavy atom. The van der Waals surface area contributed by atoms with E-state index in [1.54, 1.807) is 6.07 Å². The number of nitrogens with zero attached hydrogens (tertiary/aromatic N) is 3. The van der Waals surface area contributed by atoms with Gasteiger partial charge in [0.25, 0.3) is 0 Å². The third kappa shape index (κ3) is 3.98. The highest BCUT2D eigenvalue weighted by molar-refractivity contribution is 6.31. The molecule has 7 heteroatoms. The fraction of sp³-hybridized carbons (Fsp3) is 0.188. The van der Waals surface area contributed by atoms with E-state index in [1.165, 1.54) is 0 Å². The van der Waals surface area contributed by atoms with E-state index in [1.807, 2.05) is 44.2 Å². The van der Waals surface area contributed by atoms with Crippen molar-refractivity contribution in [3.8, 4) is 0 Å². The van der Waals surface area contributed by atoms with Gasteiger partial charge >= 0.3 is 0 Å². The third-order valence-electron chi connectivity index (χ3n) is 3.14. The van der Waals surface area contributed by atoms with E-state index in [-0.39, 0.29) is 0 Å². The minimum Gasteiger partial charge on any atom is -0.366 e. The molecule has 0 aliphatic carbocycles. The first-order chi connectivity index (χ1) is 11.1. The van der Waals surface area contributed by atoms with E-state index >= 15 is 0 Å². The smallest absolute Gasteiger partial charge is 0.175 e. The number of halogens is 1. The Morgan fingerprint density at radius 2 is 1.83 bits per heavy atom. The van der Waals surface area contributed by atoms with Crippen molar-refractivity contribution in [2.75, 3.05) is 10.6 Å². The van der Waals surface area contributed by atoms with Crippen molar-refractivity contribution in [1.29, 1.82) is 0 Å². The number of anilines is 3. The minimum atomic E-state index is 0.582. The molecule has 2 N–H and O–H groups in total. The van der Waals surface area contributed by atoms with Gasteiger partial charge < -0.3 is 15.2 Å². The van der Waals surface area contributed by atoms with Crippen LogP contribution in [0.3, 0.4) is 0 Å². The number of nitrogens with one attached hydrogen (secondary N) is 2. The molecule has 23 heavy (non-hydrogen) atoms. The van der Waals surface area contributed by atoms with Gasteiger partial charge in [0.2, 0.25) is 0 Å². The third-order valence-corrected chi connectivity index (χ3v) is 3.51.